The third-order valence-electron chi connectivity index (χ3n) is 3.13. The summed E-state index contributed by atoms with van der Waals surface area (Å²) < 4.78 is 4.93. The summed E-state index contributed by atoms with van der Waals surface area (Å²) in [4.78, 5) is 34.3. The number of piperazine rings is 1. The van der Waals surface area contributed by atoms with Crippen LogP contribution >= 0.6 is 0 Å². The average Bonchev–Trinajstić information content (AvgIpc) is 2.48. The molecular formula is C13H18N4O3. The molecule has 20 heavy (non-hydrogen) atoms. The summed E-state index contributed by atoms with van der Waals surface area (Å²) >= 11 is 0. The fourth-order valence-electron chi connectivity index (χ4n) is 2.08. The lowest BCUT2D eigenvalue weighted by molar-refractivity contribution is -0.144. The van der Waals surface area contributed by atoms with Crippen LogP contribution in [0.4, 0.5) is 5.82 Å². The molecule has 108 valence electrons. The largest absolute Gasteiger partial charge is 0.465 e. The van der Waals surface area contributed by atoms with Gasteiger partial charge in [-0.3, -0.25) is 14.5 Å². The molecule has 0 aromatic carbocycles. The Morgan fingerprint density at radius 2 is 2.05 bits per heavy atom. The lowest BCUT2D eigenvalue weighted by Gasteiger charge is -2.34. The van der Waals surface area contributed by atoms with Gasteiger partial charge in [0, 0.05) is 26.2 Å². The van der Waals surface area contributed by atoms with Crippen LogP contribution in [-0.4, -0.2) is 66.5 Å². The lowest BCUT2D eigenvalue weighted by atomic mass is 10.3. The first-order valence-corrected chi connectivity index (χ1v) is 6.63. The zero-order valence-electron chi connectivity index (χ0n) is 11.5. The quantitative estimate of drug-likeness (QED) is 0.553. The molecule has 0 spiro atoms. The van der Waals surface area contributed by atoms with Gasteiger partial charge in [0.25, 0.3) is 0 Å². The van der Waals surface area contributed by atoms with E-state index in [0.717, 1.165) is 32.0 Å². The summed E-state index contributed by atoms with van der Waals surface area (Å²) in [6.45, 7) is 5.64. The Morgan fingerprint density at radius 1 is 1.30 bits per heavy atom. The third kappa shape index (κ3) is 3.74. The summed E-state index contributed by atoms with van der Waals surface area (Å²) in [5.74, 6) is 0.572. The second-order valence-electron chi connectivity index (χ2n) is 4.49. The van der Waals surface area contributed by atoms with Gasteiger partial charge < -0.3 is 9.64 Å². The summed E-state index contributed by atoms with van der Waals surface area (Å²) in [5, 5.41) is 0. The van der Waals surface area contributed by atoms with Crippen molar-refractivity contribution < 1.29 is 14.3 Å². The van der Waals surface area contributed by atoms with E-state index in [0.29, 0.717) is 25.1 Å². The van der Waals surface area contributed by atoms with Gasteiger partial charge in [-0.1, -0.05) is 0 Å². The molecule has 7 nitrogen and oxygen atoms in total. The van der Waals surface area contributed by atoms with E-state index in [1.54, 1.807) is 13.1 Å². The van der Waals surface area contributed by atoms with Gasteiger partial charge in [0.1, 0.15) is 11.5 Å². The van der Waals surface area contributed by atoms with E-state index in [-0.39, 0.29) is 5.97 Å². The highest BCUT2D eigenvalue weighted by Crippen LogP contribution is 2.12. The summed E-state index contributed by atoms with van der Waals surface area (Å²) in [7, 11) is 0. The van der Waals surface area contributed by atoms with Crippen LogP contribution in [0.3, 0.4) is 0 Å². The van der Waals surface area contributed by atoms with Crippen LogP contribution in [0.5, 0.6) is 0 Å². The molecule has 0 atom stereocenters. The minimum atomic E-state index is -0.184. The van der Waals surface area contributed by atoms with Crippen molar-refractivity contribution in [1.29, 1.82) is 0 Å². The molecule has 0 amide bonds. The first kappa shape index (κ1) is 14.4. The van der Waals surface area contributed by atoms with E-state index in [1.807, 2.05) is 0 Å². The molecular weight excluding hydrogens is 260 g/mol. The molecule has 2 rings (SSSR count). The maximum atomic E-state index is 11.4. The molecule has 0 unspecified atom stereocenters. The fraction of sp³-hybridized carbons (Fsp3) is 0.538. The maximum absolute atomic E-state index is 11.4. The number of esters is 1. The number of aldehydes is 1. The number of rotatable bonds is 5. The molecule has 1 aliphatic rings. The molecule has 2 heterocycles. The van der Waals surface area contributed by atoms with E-state index >= 15 is 0 Å². The molecule has 0 saturated carbocycles. The van der Waals surface area contributed by atoms with Crippen molar-refractivity contribution in [3.63, 3.8) is 0 Å². The van der Waals surface area contributed by atoms with Crippen molar-refractivity contribution in [3.8, 4) is 0 Å². The van der Waals surface area contributed by atoms with E-state index in [1.165, 1.54) is 6.20 Å². The van der Waals surface area contributed by atoms with Crippen molar-refractivity contribution in [2.24, 2.45) is 0 Å². The topological polar surface area (TPSA) is 75.6 Å². The van der Waals surface area contributed by atoms with Gasteiger partial charge in [0.15, 0.2) is 6.29 Å². The van der Waals surface area contributed by atoms with Crippen LogP contribution in [0.15, 0.2) is 12.4 Å². The highest BCUT2D eigenvalue weighted by Gasteiger charge is 2.20. The van der Waals surface area contributed by atoms with Crippen molar-refractivity contribution in [3.05, 3.63) is 18.1 Å². The first-order chi connectivity index (χ1) is 9.72. The maximum Gasteiger partial charge on any atom is 0.320 e. The number of carbonyl (C=O) groups is 2. The molecule has 1 aromatic heterocycles. The summed E-state index contributed by atoms with van der Waals surface area (Å²) in [6, 6.07) is 0. The molecule has 0 radical (unpaired) electrons. The van der Waals surface area contributed by atoms with Crippen LogP contribution in [0.1, 0.15) is 17.4 Å². The molecule has 1 saturated heterocycles. The van der Waals surface area contributed by atoms with Crippen molar-refractivity contribution >= 4 is 18.1 Å². The number of carbonyl (C=O) groups excluding carboxylic acids is 2. The van der Waals surface area contributed by atoms with E-state index in [2.05, 4.69) is 19.8 Å². The van der Waals surface area contributed by atoms with Gasteiger partial charge >= 0.3 is 5.97 Å². The molecule has 7 heteroatoms. The van der Waals surface area contributed by atoms with Crippen LogP contribution < -0.4 is 4.90 Å². The van der Waals surface area contributed by atoms with Crippen molar-refractivity contribution in [2.75, 3.05) is 44.2 Å². The monoisotopic (exact) mass is 278 g/mol. The average molecular weight is 278 g/mol. The first-order valence-electron chi connectivity index (χ1n) is 6.63. The number of nitrogens with zero attached hydrogens (tertiary/aromatic N) is 4. The molecule has 1 fully saturated rings. The van der Waals surface area contributed by atoms with Gasteiger partial charge in [0.2, 0.25) is 0 Å². The SMILES string of the molecule is CCOC(=O)CN1CCN(c2cnc(C=O)cn2)CC1. The number of hydrogen-bond acceptors (Lipinski definition) is 7. The smallest absolute Gasteiger partial charge is 0.320 e. The minimum Gasteiger partial charge on any atom is -0.465 e. The third-order valence-corrected chi connectivity index (χ3v) is 3.13. The van der Waals surface area contributed by atoms with Gasteiger partial charge in [-0.05, 0) is 6.92 Å². The number of ether oxygens (including phenoxy) is 1. The minimum absolute atomic E-state index is 0.184. The standard InChI is InChI=1S/C13H18N4O3/c1-2-20-13(19)9-16-3-5-17(6-4-16)12-8-14-11(10-18)7-15-12/h7-8,10H,2-6,9H2,1H3. The molecule has 0 aliphatic carbocycles. The molecule has 1 aliphatic heterocycles. The van der Waals surface area contributed by atoms with E-state index in [4.69, 9.17) is 4.74 Å². The van der Waals surface area contributed by atoms with Gasteiger partial charge in [0.05, 0.1) is 25.5 Å². The van der Waals surface area contributed by atoms with E-state index < -0.39 is 0 Å². The Hall–Kier alpha value is -2.02. The second-order valence-corrected chi connectivity index (χ2v) is 4.49. The summed E-state index contributed by atoms with van der Waals surface area (Å²) in [6.07, 6.45) is 3.74. The Morgan fingerprint density at radius 3 is 2.60 bits per heavy atom. The Balaban J connectivity index is 1.84. The zero-order chi connectivity index (χ0) is 14.4. The van der Waals surface area contributed by atoms with Crippen molar-refractivity contribution in [1.82, 2.24) is 14.9 Å². The molecule has 1 aromatic rings. The number of hydrogen-bond donors (Lipinski definition) is 0. The van der Waals surface area contributed by atoms with Gasteiger partial charge in [-0.15, -0.1) is 0 Å². The van der Waals surface area contributed by atoms with Crippen LogP contribution in [0.2, 0.25) is 0 Å². The lowest BCUT2D eigenvalue weighted by Crippen LogP contribution is -2.48. The fourth-order valence-corrected chi connectivity index (χ4v) is 2.08. The Bertz CT molecular complexity index is 455. The Labute approximate surface area is 117 Å². The Kier molecular flexibility index (Phi) is 5.00. The molecule has 0 N–H and O–H groups in total. The summed E-state index contributed by atoms with van der Waals surface area (Å²) in [5.41, 5.74) is 0.328. The highest BCUT2D eigenvalue weighted by atomic mass is 16.5. The van der Waals surface area contributed by atoms with Crippen molar-refractivity contribution in [2.45, 2.75) is 6.92 Å². The normalized spacial score (nSPS) is 15.9. The van der Waals surface area contributed by atoms with E-state index in [9.17, 15) is 9.59 Å². The zero-order valence-corrected chi connectivity index (χ0v) is 11.5. The molecule has 0 bridgehead atoms. The van der Waals surface area contributed by atoms with Crippen LogP contribution in [-0.2, 0) is 9.53 Å². The number of aromatic nitrogens is 2. The predicted molar refractivity (Wildman–Crippen MR) is 72.7 cm³/mol. The highest BCUT2D eigenvalue weighted by molar-refractivity contribution is 5.72. The van der Waals surface area contributed by atoms with Crippen LogP contribution in [0.25, 0.3) is 0 Å². The predicted octanol–water partition coefficient (Wildman–Crippen LogP) is -0.0258. The van der Waals surface area contributed by atoms with Crippen LogP contribution in [0, 0.1) is 0 Å². The number of anilines is 1. The van der Waals surface area contributed by atoms with Gasteiger partial charge in [-0.2, -0.15) is 0 Å². The second kappa shape index (κ2) is 6.95. The van der Waals surface area contributed by atoms with Gasteiger partial charge in [-0.25, -0.2) is 9.97 Å².